The van der Waals surface area contributed by atoms with Crippen molar-refractivity contribution in [3.05, 3.63) is 23.3 Å². The molecule has 0 aliphatic heterocycles. The van der Waals surface area contributed by atoms with Gasteiger partial charge in [0.2, 0.25) is 0 Å². The topological polar surface area (TPSA) is 43.4 Å². The second-order valence-electron chi connectivity index (χ2n) is 10.5. The number of fused-ring (bicyclic) bond motifs is 5. The molecular weight excluding hydrogens is 360 g/mol. The van der Waals surface area contributed by atoms with Gasteiger partial charge in [0.1, 0.15) is 6.10 Å². The quantitative estimate of drug-likeness (QED) is 0.299. The lowest BCUT2D eigenvalue weighted by atomic mass is 9.52. The summed E-state index contributed by atoms with van der Waals surface area (Å²) < 4.78 is 6.07. The molecule has 4 aliphatic rings. The molecular formula is C26H38O3. The summed E-state index contributed by atoms with van der Waals surface area (Å²) >= 11 is 0. The van der Waals surface area contributed by atoms with Crippen LogP contribution in [-0.4, -0.2) is 17.9 Å². The van der Waals surface area contributed by atoms with E-state index >= 15 is 0 Å². The first-order valence-electron chi connectivity index (χ1n) is 12.0. The average Bonchev–Trinajstić information content (AvgIpc) is 3.02. The Morgan fingerprint density at radius 3 is 2.76 bits per heavy atom. The van der Waals surface area contributed by atoms with Gasteiger partial charge in [-0.3, -0.25) is 9.59 Å². The van der Waals surface area contributed by atoms with Crippen LogP contribution in [0.4, 0.5) is 0 Å². The third kappa shape index (κ3) is 3.64. The van der Waals surface area contributed by atoms with Crippen molar-refractivity contribution in [2.45, 2.75) is 104 Å². The summed E-state index contributed by atoms with van der Waals surface area (Å²) in [5, 5.41) is 0. The molecule has 2 fully saturated rings. The van der Waals surface area contributed by atoms with Crippen molar-refractivity contribution in [2.24, 2.45) is 22.7 Å². The lowest BCUT2D eigenvalue weighted by Gasteiger charge is -2.53. The molecule has 3 nitrogen and oxygen atoms in total. The van der Waals surface area contributed by atoms with E-state index in [0.717, 1.165) is 44.9 Å². The number of esters is 1. The maximum absolute atomic E-state index is 12.5. The first kappa shape index (κ1) is 20.9. The Balaban J connectivity index is 1.48. The van der Waals surface area contributed by atoms with Crippen LogP contribution < -0.4 is 0 Å². The van der Waals surface area contributed by atoms with Crippen LogP contribution in [0.1, 0.15) is 97.8 Å². The molecule has 0 spiro atoms. The van der Waals surface area contributed by atoms with E-state index in [4.69, 9.17) is 4.74 Å². The van der Waals surface area contributed by atoms with E-state index in [1.54, 1.807) is 5.57 Å². The Bertz CT molecular complexity index is 732. The second-order valence-corrected chi connectivity index (χ2v) is 10.5. The molecule has 0 aromatic rings. The maximum atomic E-state index is 12.5. The SMILES string of the molecule is CCCCCCC(=O)OC1CCC2C3CCC4=CC(=O)CCC4(C)C3=CCC12C. The van der Waals surface area contributed by atoms with Gasteiger partial charge in [-0.2, -0.15) is 0 Å². The van der Waals surface area contributed by atoms with Crippen LogP contribution in [0.3, 0.4) is 0 Å². The van der Waals surface area contributed by atoms with Crippen molar-refractivity contribution in [1.82, 2.24) is 0 Å². The molecule has 0 amide bonds. The highest BCUT2D eigenvalue weighted by atomic mass is 16.5. The van der Waals surface area contributed by atoms with Gasteiger partial charge in [0.25, 0.3) is 0 Å². The number of allylic oxidation sites excluding steroid dienone is 4. The molecule has 4 rings (SSSR count). The predicted octanol–water partition coefficient (Wildman–Crippen LogP) is 6.32. The minimum Gasteiger partial charge on any atom is -0.462 e. The summed E-state index contributed by atoms with van der Waals surface area (Å²) in [5.41, 5.74) is 3.13. The normalized spacial score (nSPS) is 38.4. The van der Waals surface area contributed by atoms with Crippen LogP contribution in [0.2, 0.25) is 0 Å². The summed E-state index contributed by atoms with van der Waals surface area (Å²) in [6.07, 6.45) is 16.6. The van der Waals surface area contributed by atoms with Crippen molar-refractivity contribution in [3.8, 4) is 0 Å². The fourth-order valence-electron chi connectivity index (χ4n) is 6.92. The van der Waals surface area contributed by atoms with E-state index in [2.05, 4.69) is 26.8 Å². The minimum absolute atomic E-state index is 0.00868. The first-order chi connectivity index (χ1) is 13.9. The third-order valence-electron chi connectivity index (χ3n) is 8.75. The van der Waals surface area contributed by atoms with E-state index in [-0.39, 0.29) is 22.9 Å². The summed E-state index contributed by atoms with van der Waals surface area (Å²) in [5.74, 6) is 1.52. The molecule has 4 aliphatic carbocycles. The molecule has 0 aromatic heterocycles. The summed E-state index contributed by atoms with van der Waals surface area (Å²) in [6, 6.07) is 0. The zero-order valence-corrected chi connectivity index (χ0v) is 18.6. The lowest BCUT2D eigenvalue weighted by Crippen LogP contribution is -2.46. The van der Waals surface area contributed by atoms with Gasteiger partial charge in [0.15, 0.2) is 5.78 Å². The number of hydrogen-bond donors (Lipinski definition) is 0. The van der Waals surface area contributed by atoms with Crippen LogP contribution in [0, 0.1) is 22.7 Å². The Morgan fingerprint density at radius 2 is 1.97 bits per heavy atom. The monoisotopic (exact) mass is 398 g/mol. The number of carbonyl (C=O) groups is 2. The number of rotatable bonds is 6. The van der Waals surface area contributed by atoms with Crippen LogP contribution >= 0.6 is 0 Å². The zero-order chi connectivity index (χ0) is 20.6. The van der Waals surface area contributed by atoms with E-state index in [0.29, 0.717) is 30.5 Å². The van der Waals surface area contributed by atoms with E-state index in [1.165, 1.54) is 24.8 Å². The molecule has 0 aromatic carbocycles. The molecule has 0 heterocycles. The molecule has 5 atom stereocenters. The van der Waals surface area contributed by atoms with Crippen LogP contribution in [-0.2, 0) is 14.3 Å². The third-order valence-corrected chi connectivity index (χ3v) is 8.75. The van der Waals surface area contributed by atoms with Gasteiger partial charge in [-0.25, -0.2) is 0 Å². The van der Waals surface area contributed by atoms with Gasteiger partial charge in [-0.1, -0.05) is 57.3 Å². The maximum Gasteiger partial charge on any atom is 0.306 e. The van der Waals surface area contributed by atoms with Crippen molar-refractivity contribution < 1.29 is 14.3 Å². The van der Waals surface area contributed by atoms with Gasteiger partial charge < -0.3 is 4.74 Å². The lowest BCUT2D eigenvalue weighted by molar-refractivity contribution is -0.156. The highest BCUT2D eigenvalue weighted by Gasteiger charge is 2.57. The molecule has 160 valence electrons. The smallest absolute Gasteiger partial charge is 0.306 e. The first-order valence-corrected chi connectivity index (χ1v) is 12.0. The van der Waals surface area contributed by atoms with Crippen molar-refractivity contribution in [3.63, 3.8) is 0 Å². The molecule has 0 radical (unpaired) electrons. The highest BCUT2D eigenvalue weighted by molar-refractivity contribution is 5.92. The number of hydrogen-bond acceptors (Lipinski definition) is 3. The molecule has 5 unspecified atom stereocenters. The van der Waals surface area contributed by atoms with Gasteiger partial charge in [0, 0.05) is 23.7 Å². The highest BCUT2D eigenvalue weighted by Crippen LogP contribution is 2.63. The van der Waals surface area contributed by atoms with E-state index in [1.807, 2.05) is 6.08 Å². The molecule has 0 bridgehead atoms. The molecule has 2 saturated carbocycles. The molecule has 29 heavy (non-hydrogen) atoms. The standard InChI is InChI=1S/C26H38O3/c1-4-5-6-7-8-24(28)29-23-12-11-21-20-10-9-18-17-19(27)13-15-25(18,2)22(20)14-16-26(21,23)3/h14,17,20-21,23H,4-13,15-16H2,1-3H3. The predicted molar refractivity (Wildman–Crippen MR) is 115 cm³/mol. The van der Waals surface area contributed by atoms with Crippen molar-refractivity contribution in [1.29, 1.82) is 0 Å². The van der Waals surface area contributed by atoms with Crippen molar-refractivity contribution >= 4 is 11.8 Å². The fraction of sp³-hybridized carbons (Fsp3) is 0.769. The number of unbranched alkanes of at least 4 members (excludes halogenated alkanes) is 3. The Hall–Kier alpha value is -1.38. The molecule has 3 heteroatoms. The van der Waals surface area contributed by atoms with Gasteiger partial charge in [0.05, 0.1) is 0 Å². The van der Waals surface area contributed by atoms with Gasteiger partial charge >= 0.3 is 5.97 Å². The second kappa shape index (κ2) is 8.04. The molecule has 0 N–H and O–H groups in total. The Kier molecular flexibility index (Phi) is 5.79. The number of ether oxygens (including phenoxy) is 1. The summed E-state index contributed by atoms with van der Waals surface area (Å²) in [6.45, 7) is 6.93. The van der Waals surface area contributed by atoms with Crippen LogP contribution in [0.25, 0.3) is 0 Å². The van der Waals surface area contributed by atoms with E-state index in [9.17, 15) is 9.59 Å². The largest absolute Gasteiger partial charge is 0.462 e. The Labute approximate surface area is 176 Å². The van der Waals surface area contributed by atoms with Gasteiger partial charge in [-0.15, -0.1) is 0 Å². The Morgan fingerprint density at radius 1 is 1.14 bits per heavy atom. The van der Waals surface area contributed by atoms with Gasteiger partial charge in [-0.05, 0) is 62.9 Å². The van der Waals surface area contributed by atoms with Crippen LogP contribution in [0.5, 0.6) is 0 Å². The zero-order valence-electron chi connectivity index (χ0n) is 18.6. The fourth-order valence-corrected chi connectivity index (χ4v) is 6.92. The minimum atomic E-state index is 0.00868. The van der Waals surface area contributed by atoms with Crippen molar-refractivity contribution in [2.75, 3.05) is 0 Å². The molecule has 0 saturated heterocycles. The average molecular weight is 399 g/mol. The summed E-state index contributed by atoms with van der Waals surface area (Å²) in [7, 11) is 0. The summed E-state index contributed by atoms with van der Waals surface area (Å²) in [4.78, 5) is 24.4. The number of ketones is 1. The van der Waals surface area contributed by atoms with E-state index < -0.39 is 0 Å². The van der Waals surface area contributed by atoms with Crippen LogP contribution in [0.15, 0.2) is 23.3 Å². The number of carbonyl (C=O) groups excluding carboxylic acids is 2.